The minimum atomic E-state index is -0.821. The molecule has 0 aliphatic carbocycles. The van der Waals surface area contributed by atoms with E-state index in [2.05, 4.69) is 21.7 Å². The van der Waals surface area contributed by atoms with E-state index in [0.29, 0.717) is 11.4 Å². The fourth-order valence-electron chi connectivity index (χ4n) is 3.00. The Labute approximate surface area is 171 Å². The average Bonchev–Trinajstić information content (AvgIpc) is 3.35. The predicted octanol–water partition coefficient (Wildman–Crippen LogP) is 2.83. The summed E-state index contributed by atoms with van der Waals surface area (Å²) in [5.74, 6) is -1.14. The summed E-state index contributed by atoms with van der Waals surface area (Å²) in [5.41, 5.74) is 1.19. The Morgan fingerprint density at radius 1 is 1.27 bits per heavy atom. The van der Waals surface area contributed by atoms with Gasteiger partial charge in [-0.2, -0.15) is 4.98 Å². The zero-order chi connectivity index (χ0) is 21.3. The van der Waals surface area contributed by atoms with Crippen LogP contribution in [0.15, 0.2) is 59.9 Å². The minimum absolute atomic E-state index is 0.0968. The first-order chi connectivity index (χ1) is 14.5. The Hall–Kier alpha value is -4.14. The first-order valence-corrected chi connectivity index (χ1v) is 9.05. The number of nitrogens with zero attached hydrogens (tertiary/aromatic N) is 4. The van der Waals surface area contributed by atoms with Gasteiger partial charge < -0.3 is 9.26 Å². The Bertz CT molecular complexity index is 1160. The van der Waals surface area contributed by atoms with Gasteiger partial charge in [0, 0.05) is 24.5 Å². The van der Waals surface area contributed by atoms with E-state index < -0.39 is 23.9 Å². The van der Waals surface area contributed by atoms with E-state index in [0.717, 1.165) is 4.90 Å². The van der Waals surface area contributed by atoms with Crippen molar-refractivity contribution in [3.8, 4) is 11.4 Å². The van der Waals surface area contributed by atoms with Crippen molar-refractivity contribution in [3.63, 3.8) is 0 Å². The van der Waals surface area contributed by atoms with Crippen molar-refractivity contribution in [3.05, 3.63) is 78.0 Å². The number of amides is 2. The van der Waals surface area contributed by atoms with Crippen molar-refractivity contribution >= 4 is 17.8 Å². The summed E-state index contributed by atoms with van der Waals surface area (Å²) < 4.78 is 10.6. The molecule has 30 heavy (non-hydrogen) atoms. The van der Waals surface area contributed by atoms with Crippen LogP contribution in [0, 0.1) is 0 Å². The number of pyridine rings is 1. The van der Waals surface area contributed by atoms with Crippen LogP contribution in [0.25, 0.3) is 11.4 Å². The summed E-state index contributed by atoms with van der Waals surface area (Å²) in [5, 5.41) is 3.87. The van der Waals surface area contributed by atoms with Gasteiger partial charge in [-0.3, -0.25) is 19.5 Å². The second-order valence-electron chi connectivity index (χ2n) is 6.52. The summed E-state index contributed by atoms with van der Waals surface area (Å²) >= 11 is 0. The molecule has 9 heteroatoms. The Balaban J connectivity index is 1.50. The van der Waals surface area contributed by atoms with Crippen molar-refractivity contribution in [2.45, 2.75) is 13.0 Å². The van der Waals surface area contributed by atoms with E-state index in [-0.39, 0.29) is 29.1 Å². The summed E-state index contributed by atoms with van der Waals surface area (Å²) in [4.78, 5) is 46.5. The smallest absolute Gasteiger partial charge is 0.338 e. The van der Waals surface area contributed by atoms with Gasteiger partial charge in [-0.05, 0) is 37.3 Å². The molecule has 1 aliphatic heterocycles. The zero-order valence-corrected chi connectivity index (χ0v) is 15.9. The van der Waals surface area contributed by atoms with Crippen molar-refractivity contribution in [1.82, 2.24) is 20.0 Å². The van der Waals surface area contributed by atoms with Crippen LogP contribution in [0.3, 0.4) is 0 Å². The van der Waals surface area contributed by atoms with Crippen LogP contribution in [0.2, 0.25) is 0 Å². The molecule has 0 fully saturated rings. The van der Waals surface area contributed by atoms with Crippen LogP contribution in [0.1, 0.15) is 50.0 Å². The molecule has 0 spiro atoms. The molecule has 3 heterocycles. The van der Waals surface area contributed by atoms with E-state index in [1.807, 2.05) is 0 Å². The fraction of sp³-hybridized carbons (Fsp3) is 0.143. The molecule has 1 aliphatic rings. The molecule has 0 N–H and O–H groups in total. The maximum absolute atomic E-state index is 12.6. The highest BCUT2D eigenvalue weighted by atomic mass is 16.6. The van der Waals surface area contributed by atoms with Gasteiger partial charge in [0.05, 0.1) is 16.7 Å². The molecule has 0 saturated carbocycles. The second kappa shape index (κ2) is 7.70. The monoisotopic (exact) mass is 404 g/mol. The lowest BCUT2D eigenvalue weighted by Crippen LogP contribution is -2.29. The molecule has 150 valence electrons. The molecule has 3 aromatic rings. The van der Waals surface area contributed by atoms with Crippen molar-refractivity contribution in [2.24, 2.45) is 0 Å². The van der Waals surface area contributed by atoms with E-state index in [4.69, 9.17) is 9.26 Å². The molecule has 0 unspecified atom stereocenters. The predicted molar refractivity (Wildman–Crippen MR) is 103 cm³/mol. The first-order valence-electron chi connectivity index (χ1n) is 9.05. The lowest BCUT2D eigenvalue weighted by molar-refractivity contribution is 0.0265. The van der Waals surface area contributed by atoms with Crippen LogP contribution < -0.4 is 0 Å². The second-order valence-corrected chi connectivity index (χ2v) is 6.52. The number of benzene rings is 1. The van der Waals surface area contributed by atoms with E-state index >= 15 is 0 Å². The van der Waals surface area contributed by atoms with Crippen LogP contribution in [-0.4, -0.2) is 44.4 Å². The van der Waals surface area contributed by atoms with Gasteiger partial charge in [0.25, 0.3) is 17.7 Å². The lowest BCUT2D eigenvalue weighted by Gasteiger charge is -2.10. The first kappa shape index (κ1) is 19.2. The standard InChI is InChI=1S/C21H16N4O5/c1-3-9-25-19(26)15-7-6-13(10-16(15)20(25)27)21(28)29-12(2)18-23-17(24-30-18)14-5-4-8-22-11-14/h3-8,10-12H,1,9H2,2H3/t12-/m1/s1. The highest BCUT2D eigenvalue weighted by molar-refractivity contribution is 6.22. The third kappa shape index (κ3) is 3.37. The van der Waals surface area contributed by atoms with Crippen LogP contribution in [0.4, 0.5) is 0 Å². The maximum atomic E-state index is 12.6. The van der Waals surface area contributed by atoms with Crippen molar-refractivity contribution in [1.29, 1.82) is 0 Å². The fourth-order valence-corrected chi connectivity index (χ4v) is 3.00. The number of hydrogen-bond donors (Lipinski definition) is 0. The number of ether oxygens (including phenoxy) is 1. The number of fused-ring (bicyclic) bond motifs is 1. The number of carbonyl (C=O) groups excluding carboxylic acids is 3. The molecule has 9 nitrogen and oxygen atoms in total. The van der Waals surface area contributed by atoms with Gasteiger partial charge >= 0.3 is 5.97 Å². The van der Waals surface area contributed by atoms with Crippen molar-refractivity contribution in [2.75, 3.05) is 6.54 Å². The van der Waals surface area contributed by atoms with Crippen LogP contribution in [-0.2, 0) is 4.74 Å². The summed E-state index contributed by atoms with van der Waals surface area (Å²) in [6.45, 7) is 5.23. The Morgan fingerprint density at radius 2 is 2.07 bits per heavy atom. The average molecular weight is 404 g/mol. The topological polar surface area (TPSA) is 115 Å². The number of carbonyl (C=O) groups is 3. The maximum Gasteiger partial charge on any atom is 0.338 e. The molecule has 1 atom stereocenters. The number of esters is 1. The molecular weight excluding hydrogens is 388 g/mol. The van der Waals surface area contributed by atoms with E-state index in [9.17, 15) is 14.4 Å². The highest BCUT2D eigenvalue weighted by Gasteiger charge is 2.35. The molecule has 2 aromatic heterocycles. The molecule has 1 aromatic carbocycles. The van der Waals surface area contributed by atoms with Crippen LogP contribution in [0.5, 0.6) is 0 Å². The Kier molecular flexibility index (Phi) is 4.93. The molecule has 4 rings (SSSR count). The SMILES string of the molecule is C=CCN1C(=O)c2ccc(C(=O)O[C@H](C)c3nc(-c4cccnc4)no3)cc2C1=O. The van der Waals surface area contributed by atoms with Gasteiger partial charge in [0.15, 0.2) is 6.10 Å². The van der Waals surface area contributed by atoms with E-state index in [1.54, 1.807) is 31.5 Å². The third-order valence-corrected chi connectivity index (χ3v) is 4.51. The largest absolute Gasteiger partial charge is 0.449 e. The number of rotatable bonds is 6. The Morgan fingerprint density at radius 3 is 2.80 bits per heavy atom. The number of aromatic nitrogens is 3. The third-order valence-electron chi connectivity index (χ3n) is 4.51. The molecule has 0 bridgehead atoms. The summed E-state index contributed by atoms with van der Waals surface area (Å²) in [6.07, 6.45) is 3.85. The van der Waals surface area contributed by atoms with Gasteiger partial charge in [-0.15, -0.1) is 6.58 Å². The van der Waals surface area contributed by atoms with Gasteiger partial charge in [0.2, 0.25) is 5.82 Å². The number of imide groups is 1. The van der Waals surface area contributed by atoms with Crippen molar-refractivity contribution < 1.29 is 23.6 Å². The van der Waals surface area contributed by atoms with E-state index in [1.165, 1.54) is 24.3 Å². The molecule has 0 radical (unpaired) electrons. The molecule has 0 saturated heterocycles. The minimum Gasteiger partial charge on any atom is -0.449 e. The number of hydrogen-bond acceptors (Lipinski definition) is 8. The van der Waals surface area contributed by atoms with Gasteiger partial charge in [-0.25, -0.2) is 4.79 Å². The van der Waals surface area contributed by atoms with Gasteiger partial charge in [-0.1, -0.05) is 11.2 Å². The quantitative estimate of drug-likeness (QED) is 0.350. The van der Waals surface area contributed by atoms with Gasteiger partial charge in [0.1, 0.15) is 0 Å². The van der Waals surface area contributed by atoms with Crippen LogP contribution >= 0.6 is 0 Å². The lowest BCUT2D eigenvalue weighted by atomic mass is 10.1. The summed E-state index contributed by atoms with van der Waals surface area (Å²) in [7, 11) is 0. The normalized spacial score (nSPS) is 13.8. The highest BCUT2D eigenvalue weighted by Crippen LogP contribution is 2.26. The molecule has 2 amide bonds. The summed E-state index contributed by atoms with van der Waals surface area (Å²) in [6, 6.07) is 7.74. The zero-order valence-electron chi connectivity index (χ0n) is 15.9. The molecular formula is C21H16N4O5.